The van der Waals surface area contributed by atoms with Crippen LogP contribution in [-0.2, 0) is 4.79 Å². The van der Waals surface area contributed by atoms with E-state index in [1.54, 1.807) is 12.1 Å². The number of aromatic hydroxyl groups is 1. The summed E-state index contributed by atoms with van der Waals surface area (Å²) < 4.78 is 0. The summed E-state index contributed by atoms with van der Waals surface area (Å²) in [5.41, 5.74) is 6.88. The molecule has 1 aliphatic carbocycles. The third kappa shape index (κ3) is 2.76. The van der Waals surface area contributed by atoms with Crippen LogP contribution in [0.1, 0.15) is 18.4 Å². The summed E-state index contributed by atoms with van der Waals surface area (Å²) in [6.07, 6.45) is 5.16. The van der Waals surface area contributed by atoms with Crippen LogP contribution in [0.15, 0.2) is 24.3 Å². The lowest BCUT2D eigenvalue weighted by Crippen LogP contribution is -2.22. The van der Waals surface area contributed by atoms with Crippen LogP contribution in [0.5, 0.6) is 5.75 Å². The van der Waals surface area contributed by atoms with Crippen molar-refractivity contribution in [2.24, 2.45) is 0 Å². The number of amides is 1. The molecule has 1 aromatic rings. The van der Waals surface area contributed by atoms with Crippen molar-refractivity contribution in [1.82, 2.24) is 5.32 Å². The normalized spacial score (nSPS) is 15.2. The highest BCUT2D eigenvalue weighted by Crippen LogP contribution is 2.20. The molecule has 16 heavy (non-hydrogen) atoms. The van der Waals surface area contributed by atoms with Crippen LogP contribution >= 0.6 is 0 Å². The summed E-state index contributed by atoms with van der Waals surface area (Å²) in [5, 5.41) is 12.1. The lowest BCUT2D eigenvalue weighted by atomic mass is 10.1. The Morgan fingerprint density at radius 3 is 2.94 bits per heavy atom. The van der Waals surface area contributed by atoms with Gasteiger partial charge in [0.25, 0.3) is 0 Å². The van der Waals surface area contributed by atoms with Crippen molar-refractivity contribution < 1.29 is 9.90 Å². The molecule has 1 fully saturated rings. The van der Waals surface area contributed by atoms with Crippen LogP contribution < -0.4 is 11.1 Å². The van der Waals surface area contributed by atoms with Crippen molar-refractivity contribution in [1.29, 1.82) is 0 Å². The predicted molar refractivity (Wildman–Crippen MR) is 62.7 cm³/mol. The molecule has 1 aromatic carbocycles. The van der Waals surface area contributed by atoms with Crippen LogP contribution in [0.4, 0.5) is 5.69 Å². The topological polar surface area (TPSA) is 75.3 Å². The fourth-order valence-corrected chi connectivity index (χ4v) is 1.35. The Morgan fingerprint density at radius 2 is 2.25 bits per heavy atom. The van der Waals surface area contributed by atoms with Gasteiger partial charge >= 0.3 is 0 Å². The first kappa shape index (κ1) is 10.5. The van der Waals surface area contributed by atoms with Crippen LogP contribution in [0, 0.1) is 0 Å². The number of anilines is 1. The number of hydrogen-bond donors (Lipinski definition) is 3. The third-order valence-corrected chi connectivity index (χ3v) is 2.41. The van der Waals surface area contributed by atoms with Gasteiger partial charge in [0, 0.05) is 23.4 Å². The molecule has 0 radical (unpaired) electrons. The number of carbonyl (C=O) groups is 1. The second-order valence-corrected chi connectivity index (χ2v) is 3.93. The molecule has 0 saturated heterocycles. The molecule has 0 atom stereocenters. The molecule has 1 aliphatic rings. The Bertz CT molecular complexity index is 437. The second kappa shape index (κ2) is 4.26. The summed E-state index contributed by atoms with van der Waals surface area (Å²) in [5.74, 6) is 0.0155. The van der Waals surface area contributed by atoms with Gasteiger partial charge in [0.1, 0.15) is 5.75 Å². The highest BCUT2D eigenvalue weighted by molar-refractivity contribution is 5.93. The predicted octanol–water partition coefficient (Wildman–Crippen LogP) is 1.27. The number of nitrogens with two attached hydrogens (primary N) is 1. The van der Waals surface area contributed by atoms with Gasteiger partial charge in [-0.2, -0.15) is 0 Å². The molecular weight excluding hydrogens is 204 g/mol. The third-order valence-electron chi connectivity index (χ3n) is 2.41. The molecule has 0 heterocycles. The molecule has 4 nitrogen and oxygen atoms in total. The quantitative estimate of drug-likeness (QED) is 0.406. The van der Waals surface area contributed by atoms with Crippen LogP contribution in [0.3, 0.4) is 0 Å². The van der Waals surface area contributed by atoms with Crippen molar-refractivity contribution in [3.05, 3.63) is 29.8 Å². The minimum atomic E-state index is -0.120. The van der Waals surface area contributed by atoms with Crippen LogP contribution in [0.25, 0.3) is 6.08 Å². The van der Waals surface area contributed by atoms with Gasteiger partial charge in [-0.1, -0.05) is 0 Å². The SMILES string of the molecule is Nc1ccc(O)cc1C=CC(=O)NC1CC1. The number of rotatable bonds is 3. The van der Waals surface area contributed by atoms with Gasteiger partial charge in [0.2, 0.25) is 5.91 Å². The molecule has 84 valence electrons. The highest BCUT2D eigenvalue weighted by atomic mass is 16.3. The fraction of sp³-hybridized carbons (Fsp3) is 0.250. The minimum absolute atomic E-state index is 0.120. The molecule has 2 rings (SSSR count). The molecule has 0 aliphatic heterocycles. The summed E-state index contributed by atoms with van der Waals surface area (Å²) in [6.45, 7) is 0. The van der Waals surface area contributed by atoms with E-state index >= 15 is 0 Å². The zero-order valence-corrected chi connectivity index (χ0v) is 8.81. The van der Waals surface area contributed by atoms with Crippen molar-refractivity contribution in [2.45, 2.75) is 18.9 Å². The smallest absolute Gasteiger partial charge is 0.244 e. The zero-order chi connectivity index (χ0) is 11.5. The summed E-state index contributed by atoms with van der Waals surface area (Å²) in [4.78, 5) is 11.4. The largest absolute Gasteiger partial charge is 0.508 e. The Balaban J connectivity index is 2.03. The second-order valence-electron chi connectivity index (χ2n) is 3.93. The number of nitrogen functional groups attached to an aromatic ring is 1. The van der Waals surface area contributed by atoms with E-state index in [1.807, 2.05) is 0 Å². The maximum absolute atomic E-state index is 11.4. The average Bonchev–Trinajstić information content (AvgIpc) is 3.03. The molecule has 4 heteroatoms. The van der Waals surface area contributed by atoms with Gasteiger partial charge < -0.3 is 16.2 Å². The van der Waals surface area contributed by atoms with Crippen LogP contribution in [0.2, 0.25) is 0 Å². The Kier molecular flexibility index (Phi) is 2.81. The minimum Gasteiger partial charge on any atom is -0.508 e. The van der Waals surface area contributed by atoms with Gasteiger partial charge in [0.05, 0.1) is 0 Å². The lowest BCUT2D eigenvalue weighted by molar-refractivity contribution is -0.116. The summed E-state index contributed by atoms with van der Waals surface area (Å²) in [7, 11) is 0. The van der Waals surface area contributed by atoms with E-state index in [0.29, 0.717) is 17.3 Å². The van der Waals surface area contributed by atoms with Gasteiger partial charge in [-0.3, -0.25) is 4.79 Å². The molecule has 0 spiro atoms. The number of hydrogen-bond acceptors (Lipinski definition) is 3. The van der Waals surface area contributed by atoms with E-state index in [2.05, 4.69) is 5.32 Å². The average molecular weight is 218 g/mol. The first-order valence-electron chi connectivity index (χ1n) is 5.22. The molecular formula is C12H14N2O2. The first-order valence-corrected chi connectivity index (χ1v) is 5.22. The molecule has 0 unspecified atom stereocenters. The van der Waals surface area contributed by atoms with Crippen molar-refractivity contribution in [3.8, 4) is 5.75 Å². The van der Waals surface area contributed by atoms with Crippen molar-refractivity contribution in [2.75, 3.05) is 5.73 Å². The highest BCUT2D eigenvalue weighted by Gasteiger charge is 2.21. The number of carbonyl (C=O) groups excluding carboxylic acids is 1. The fourth-order valence-electron chi connectivity index (χ4n) is 1.35. The van der Waals surface area contributed by atoms with E-state index in [-0.39, 0.29) is 11.7 Å². The monoisotopic (exact) mass is 218 g/mol. The first-order chi connectivity index (χ1) is 7.65. The molecule has 0 bridgehead atoms. The van der Waals surface area contributed by atoms with E-state index in [1.165, 1.54) is 18.2 Å². The zero-order valence-electron chi connectivity index (χ0n) is 8.81. The van der Waals surface area contributed by atoms with Gasteiger partial charge in [-0.25, -0.2) is 0 Å². The van der Waals surface area contributed by atoms with E-state index < -0.39 is 0 Å². The van der Waals surface area contributed by atoms with Gasteiger partial charge in [-0.15, -0.1) is 0 Å². The number of benzene rings is 1. The van der Waals surface area contributed by atoms with Crippen molar-refractivity contribution in [3.63, 3.8) is 0 Å². The maximum atomic E-state index is 11.4. The molecule has 4 N–H and O–H groups in total. The Hall–Kier alpha value is -1.97. The van der Waals surface area contributed by atoms with Crippen LogP contribution in [-0.4, -0.2) is 17.1 Å². The van der Waals surface area contributed by atoms with E-state index in [4.69, 9.17) is 5.73 Å². The molecule has 1 amide bonds. The standard InChI is InChI=1S/C12H14N2O2/c13-11-5-4-10(15)7-8(11)1-6-12(16)14-9-2-3-9/h1,4-7,9,15H,2-3,13H2,(H,14,16). The Morgan fingerprint density at radius 1 is 1.50 bits per heavy atom. The Labute approximate surface area is 93.8 Å². The number of phenols is 1. The van der Waals surface area contributed by atoms with Gasteiger partial charge in [0.15, 0.2) is 0 Å². The molecule has 0 aromatic heterocycles. The summed E-state index contributed by atoms with van der Waals surface area (Å²) in [6, 6.07) is 4.99. The maximum Gasteiger partial charge on any atom is 0.244 e. The van der Waals surface area contributed by atoms with E-state index in [0.717, 1.165) is 12.8 Å². The number of phenolic OH excluding ortho intramolecular Hbond substituents is 1. The van der Waals surface area contributed by atoms with Crippen molar-refractivity contribution >= 4 is 17.7 Å². The number of nitrogens with one attached hydrogen (secondary N) is 1. The van der Waals surface area contributed by atoms with E-state index in [9.17, 15) is 9.90 Å². The lowest BCUT2D eigenvalue weighted by Gasteiger charge is -2.01. The van der Waals surface area contributed by atoms with Gasteiger partial charge in [-0.05, 0) is 37.1 Å². The molecule has 1 saturated carbocycles. The summed E-state index contributed by atoms with van der Waals surface area (Å²) >= 11 is 0.